The van der Waals surface area contributed by atoms with Crippen LogP contribution in [0.2, 0.25) is 0 Å². The van der Waals surface area contributed by atoms with E-state index < -0.39 is 6.10 Å². The fourth-order valence-electron chi connectivity index (χ4n) is 1.68. The van der Waals surface area contributed by atoms with E-state index in [1.54, 1.807) is 0 Å². The maximum Gasteiger partial charge on any atom is 0.125 e. The van der Waals surface area contributed by atoms with E-state index in [0.717, 1.165) is 0 Å². The van der Waals surface area contributed by atoms with Crippen molar-refractivity contribution in [3.8, 4) is 5.75 Å². The molecule has 5 nitrogen and oxygen atoms in total. The Labute approximate surface area is 99.2 Å². The van der Waals surface area contributed by atoms with E-state index >= 15 is 0 Å². The maximum absolute atomic E-state index is 10.2. The van der Waals surface area contributed by atoms with Gasteiger partial charge in [-0.2, -0.15) is 5.10 Å². The highest BCUT2D eigenvalue weighted by Gasteiger charge is 2.18. The van der Waals surface area contributed by atoms with Crippen LogP contribution in [0.5, 0.6) is 5.75 Å². The van der Waals surface area contributed by atoms with Gasteiger partial charge in [-0.05, 0) is 13.0 Å². The van der Waals surface area contributed by atoms with Crippen LogP contribution in [0.15, 0.2) is 30.5 Å². The molecule has 0 saturated carbocycles. The lowest BCUT2D eigenvalue weighted by atomic mass is 10.0. The first-order chi connectivity index (χ1) is 8.24. The molecule has 0 amide bonds. The molecule has 2 rings (SSSR count). The Morgan fingerprint density at radius 1 is 1.41 bits per heavy atom. The molecule has 0 bridgehead atoms. The molecule has 1 atom stereocenters. The number of benzene rings is 1. The van der Waals surface area contributed by atoms with Gasteiger partial charge in [-0.1, -0.05) is 18.2 Å². The number of hydrogen-bond acceptors (Lipinski definition) is 4. The Bertz CT molecular complexity index is 496. The molecule has 1 unspecified atom stereocenters. The molecule has 2 aromatic rings. The molecule has 90 valence electrons. The first kappa shape index (κ1) is 11.5. The average Bonchev–Trinajstić information content (AvgIpc) is 2.76. The van der Waals surface area contributed by atoms with Gasteiger partial charge in [0, 0.05) is 11.1 Å². The maximum atomic E-state index is 10.2. The van der Waals surface area contributed by atoms with Crippen molar-refractivity contribution in [2.24, 2.45) is 0 Å². The Morgan fingerprint density at radius 3 is 2.82 bits per heavy atom. The minimum atomic E-state index is -0.837. The van der Waals surface area contributed by atoms with Gasteiger partial charge in [0.15, 0.2) is 0 Å². The number of nitrogens with zero attached hydrogens (tertiary/aromatic N) is 1. The van der Waals surface area contributed by atoms with Crippen molar-refractivity contribution >= 4 is 5.82 Å². The zero-order valence-electron chi connectivity index (χ0n) is 9.55. The number of nitrogens with two attached hydrogens (primary N) is 1. The second kappa shape index (κ2) is 4.88. The number of H-pyrrole nitrogens is 1. The summed E-state index contributed by atoms with van der Waals surface area (Å²) in [6.07, 6.45) is 0.680. The third kappa shape index (κ3) is 2.24. The fourth-order valence-corrected chi connectivity index (χ4v) is 1.68. The molecule has 0 aliphatic rings. The van der Waals surface area contributed by atoms with Crippen LogP contribution in [0, 0.1) is 0 Å². The largest absolute Gasteiger partial charge is 0.493 e. The number of ether oxygens (including phenoxy) is 1. The Kier molecular flexibility index (Phi) is 3.30. The van der Waals surface area contributed by atoms with Gasteiger partial charge in [0.2, 0.25) is 0 Å². The normalized spacial score (nSPS) is 12.4. The van der Waals surface area contributed by atoms with Gasteiger partial charge in [-0.3, -0.25) is 5.10 Å². The van der Waals surface area contributed by atoms with E-state index in [1.165, 1.54) is 6.20 Å². The molecular weight excluding hydrogens is 218 g/mol. The minimum Gasteiger partial charge on any atom is -0.493 e. The molecule has 1 aromatic carbocycles. The molecule has 5 heteroatoms. The van der Waals surface area contributed by atoms with Gasteiger partial charge in [-0.25, -0.2) is 0 Å². The highest BCUT2D eigenvalue weighted by molar-refractivity contribution is 5.47. The van der Waals surface area contributed by atoms with Gasteiger partial charge >= 0.3 is 0 Å². The summed E-state index contributed by atoms with van der Waals surface area (Å²) in [7, 11) is 0. The molecule has 17 heavy (non-hydrogen) atoms. The summed E-state index contributed by atoms with van der Waals surface area (Å²) in [6, 6.07) is 7.33. The van der Waals surface area contributed by atoms with Crippen LogP contribution in [-0.2, 0) is 0 Å². The monoisotopic (exact) mass is 233 g/mol. The third-order valence-corrected chi connectivity index (χ3v) is 2.51. The zero-order chi connectivity index (χ0) is 12.3. The summed E-state index contributed by atoms with van der Waals surface area (Å²) in [5, 5.41) is 16.6. The quantitative estimate of drug-likeness (QED) is 0.746. The predicted molar refractivity (Wildman–Crippen MR) is 64.7 cm³/mol. The molecule has 0 spiro atoms. The molecular formula is C12H15N3O2. The van der Waals surface area contributed by atoms with Crippen molar-refractivity contribution in [1.82, 2.24) is 10.2 Å². The summed E-state index contributed by atoms with van der Waals surface area (Å²) in [6.45, 7) is 2.44. The van der Waals surface area contributed by atoms with E-state index in [-0.39, 0.29) is 0 Å². The lowest BCUT2D eigenvalue weighted by Gasteiger charge is -2.14. The van der Waals surface area contributed by atoms with E-state index in [9.17, 15) is 5.11 Å². The predicted octanol–water partition coefficient (Wildman–Crippen LogP) is 1.47. The van der Waals surface area contributed by atoms with Crippen LogP contribution >= 0.6 is 0 Å². The van der Waals surface area contributed by atoms with Crippen LogP contribution in [0.4, 0.5) is 5.82 Å². The SMILES string of the molecule is CCOc1ccccc1C(O)c1cn[nH]c1N. The molecule has 0 aliphatic heterocycles. The third-order valence-electron chi connectivity index (χ3n) is 2.51. The van der Waals surface area contributed by atoms with Crippen molar-refractivity contribution in [2.45, 2.75) is 13.0 Å². The zero-order valence-corrected chi connectivity index (χ0v) is 9.55. The lowest BCUT2D eigenvalue weighted by molar-refractivity contribution is 0.212. The van der Waals surface area contributed by atoms with E-state index in [1.807, 2.05) is 31.2 Å². The highest BCUT2D eigenvalue weighted by atomic mass is 16.5. The van der Waals surface area contributed by atoms with Crippen LogP contribution < -0.4 is 10.5 Å². The highest BCUT2D eigenvalue weighted by Crippen LogP contribution is 2.31. The van der Waals surface area contributed by atoms with E-state index in [4.69, 9.17) is 10.5 Å². The molecule has 0 aliphatic carbocycles. The van der Waals surface area contributed by atoms with Crippen molar-refractivity contribution in [3.05, 3.63) is 41.6 Å². The van der Waals surface area contributed by atoms with Gasteiger partial charge in [-0.15, -0.1) is 0 Å². The van der Waals surface area contributed by atoms with E-state index in [2.05, 4.69) is 10.2 Å². The summed E-state index contributed by atoms with van der Waals surface area (Å²) < 4.78 is 5.46. The number of rotatable bonds is 4. The smallest absolute Gasteiger partial charge is 0.125 e. The number of aromatic amines is 1. The number of anilines is 1. The average molecular weight is 233 g/mol. The summed E-state index contributed by atoms with van der Waals surface area (Å²) in [5.41, 5.74) is 6.92. The summed E-state index contributed by atoms with van der Waals surface area (Å²) in [5.74, 6) is 1.02. The van der Waals surface area contributed by atoms with Gasteiger partial charge in [0.25, 0.3) is 0 Å². The van der Waals surface area contributed by atoms with Crippen LogP contribution in [0.3, 0.4) is 0 Å². The summed E-state index contributed by atoms with van der Waals surface area (Å²) in [4.78, 5) is 0. The lowest BCUT2D eigenvalue weighted by Crippen LogP contribution is -2.05. The first-order valence-corrected chi connectivity index (χ1v) is 5.42. The second-order valence-corrected chi connectivity index (χ2v) is 3.61. The molecule has 0 saturated heterocycles. The number of hydrogen-bond donors (Lipinski definition) is 3. The topological polar surface area (TPSA) is 84.2 Å². The molecule has 0 fully saturated rings. The second-order valence-electron chi connectivity index (χ2n) is 3.61. The summed E-state index contributed by atoms with van der Waals surface area (Å²) >= 11 is 0. The standard InChI is InChI=1S/C12H15N3O2/c1-2-17-10-6-4-3-5-8(10)11(16)9-7-14-15-12(9)13/h3-7,11,16H,2H2,1H3,(H3,13,14,15). The number of nitrogen functional groups attached to an aromatic ring is 1. The number of aliphatic hydroxyl groups excluding tert-OH is 1. The molecule has 4 N–H and O–H groups in total. The van der Waals surface area contributed by atoms with Crippen molar-refractivity contribution in [1.29, 1.82) is 0 Å². The van der Waals surface area contributed by atoms with Crippen molar-refractivity contribution < 1.29 is 9.84 Å². The molecule has 1 aromatic heterocycles. The first-order valence-electron chi connectivity index (χ1n) is 5.42. The van der Waals surface area contributed by atoms with Gasteiger partial charge < -0.3 is 15.6 Å². The number of nitrogens with one attached hydrogen (secondary N) is 1. The molecule has 1 heterocycles. The number of aromatic nitrogens is 2. The number of aliphatic hydroxyl groups is 1. The minimum absolute atomic E-state index is 0.365. The van der Waals surface area contributed by atoms with Crippen LogP contribution in [-0.4, -0.2) is 21.9 Å². The van der Waals surface area contributed by atoms with E-state index in [0.29, 0.717) is 29.3 Å². The van der Waals surface area contributed by atoms with Gasteiger partial charge in [0.05, 0.1) is 12.8 Å². The Balaban J connectivity index is 2.37. The van der Waals surface area contributed by atoms with Crippen LogP contribution in [0.25, 0.3) is 0 Å². The van der Waals surface area contributed by atoms with Crippen LogP contribution in [0.1, 0.15) is 24.2 Å². The molecule has 0 radical (unpaired) electrons. The van der Waals surface area contributed by atoms with Gasteiger partial charge in [0.1, 0.15) is 17.7 Å². The van der Waals surface area contributed by atoms with Crippen molar-refractivity contribution in [3.63, 3.8) is 0 Å². The Morgan fingerprint density at radius 2 is 2.18 bits per heavy atom. The number of para-hydroxylation sites is 1. The fraction of sp³-hybridized carbons (Fsp3) is 0.250. The Hall–Kier alpha value is -2.01. The van der Waals surface area contributed by atoms with Crippen molar-refractivity contribution in [2.75, 3.05) is 12.3 Å².